The largest absolute Gasteiger partial charge is 0.462 e. The summed E-state index contributed by atoms with van der Waals surface area (Å²) in [6, 6.07) is 11.0. The van der Waals surface area contributed by atoms with Crippen LogP contribution in [-0.2, 0) is 20.5 Å². The number of fused-ring (bicyclic) bond motifs is 1. The van der Waals surface area contributed by atoms with E-state index in [4.69, 9.17) is 4.74 Å². The Morgan fingerprint density at radius 3 is 2.49 bits per heavy atom. The minimum atomic E-state index is -4.57. The van der Waals surface area contributed by atoms with E-state index in [1.54, 1.807) is 39.1 Å². The monoisotopic (exact) mass is 537 g/mol. The van der Waals surface area contributed by atoms with Gasteiger partial charge in [-0.3, -0.25) is 14.4 Å². The van der Waals surface area contributed by atoms with E-state index in [0.717, 1.165) is 6.07 Å². The van der Waals surface area contributed by atoms with E-state index >= 15 is 0 Å². The number of carbonyl (C=O) groups excluding carboxylic acids is 2. The minimum absolute atomic E-state index is 0. The van der Waals surface area contributed by atoms with E-state index in [0.29, 0.717) is 17.4 Å². The number of ether oxygens (including phenoxy) is 1. The van der Waals surface area contributed by atoms with Gasteiger partial charge in [-0.1, -0.05) is 30.3 Å². The Hall–Kier alpha value is -3.37. The van der Waals surface area contributed by atoms with Crippen LogP contribution in [0.25, 0.3) is 22.0 Å². The van der Waals surface area contributed by atoms with E-state index in [1.807, 2.05) is 0 Å². The molecule has 2 atom stereocenters. The fraction of sp³-hybridized carbons (Fsp3) is 0.346. The average molecular weight is 538 g/mol. The second kappa shape index (κ2) is 10.5. The van der Waals surface area contributed by atoms with E-state index in [1.165, 1.54) is 24.3 Å². The van der Waals surface area contributed by atoms with E-state index in [2.05, 4.69) is 15.6 Å². The van der Waals surface area contributed by atoms with Crippen LogP contribution < -0.4 is 16.2 Å². The first kappa shape index (κ1) is 28.2. The summed E-state index contributed by atoms with van der Waals surface area (Å²) in [5.74, 6) is -1.25. The van der Waals surface area contributed by atoms with E-state index in [9.17, 15) is 27.6 Å². The number of halogens is 4. The predicted molar refractivity (Wildman–Crippen MR) is 136 cm³/mol. The molecule has 3 N–H and O–H groups in total. The molecule has 4 rings (SSSR count). The summed E-state index contributed by atoms with van der Waals surface area (Å²) in [6.07, 6.45) is -4.21. The van der Waals surface area contributed by atoms with Gasteiger partial charge in [-0.25, -0.2) is 0 Å². The Bertz CT molecular complexity index is 1390. The molecule has 11 heteroatoms. The number of benzene rings is 2. The van der Waals surface area contributed by atoms with Crippen molar-refractivity contribution in [3.63, 3.8) is 0 Å². The maximum absolute atomic E-state index is 13.5. The number of aromatic amines is 1. The fourth-order valence-corrected chi connectivity index (χ4v) is 4.21. The van der Waals surface area contributed by atoms with Crippen molar-refractivity contribution in [3.8, 4) is 11.3 Å². The Kier molecular flexibility index (Phi) is 8.04. The molecule has 198 valence electrons. The summed E-state index contributed by atoms with van der Waals surface area (Å²) in [6.45, 7) is 3.39. The maximum atomic E-state index is 13.5. The maximum Gasteiger partial charge on any atom is 0.417 e. The van der Waals surface area contributed by atoms with Crippen molar-refractivity contribution >= 4 is 35.1 Å². The molecule has 0 aliphatic carbocycles. The normalized spacial score (nSPS) is 17.8. The molecule has 1 aromatic heterocycles. The SMILES string of the molecule is CNC(C)(C)C(=O)OCC1C[C@H](c2ccc3cc(-c4ccccc4C(F)(F)F)[nH]c(=O)c3c2)C(=O)N1.Cl. The molecule has 1 amide bonds. The standard InChI is InChI=1S/C26H26F3N3O4.ClH/c1-25(2,30-3)24(35)36-13-16-12-19(22(33)31-16)14-8-9-15-11-21(32-23(34)18(15)10-14)17-6-4-5-7-20(17)26(27,28)29;/h4-11,16,19,30H,12-13H2,1-3H3,(H,31,33)(H,32,34);1H/t16?,19-;/m1./s1. The van der Waals surface area contributed by atoms with Crippen molar-refractivity contribution in [2.24, 2.45) is 0 Å². The molecule has 2 aromatic carbocycles. The van der Waals surface area contributed by atoms with Crippen molar-refractivity contribution in [3.05, 3.63) is 70.0 Å². The van der Waals surface area contributed by atoms with Crippen LogP contribution >= 0.6 is 12.4 Å². The van der Waals surface area contributed by atoms with Crippen LogP contribution in [0.3, 0.4) is 0 Å². The average Bonchev–Trinajstić information content (AvgIpc) is 3.22. The van der Waals surface area contributed by atoms with E-state index < -0.39 is 34.7 Å². The van der Waals surface area contributed by atoms with Crippen LogP contribution in [0, 0.1) is 0 Å². The van der Waals surface area contributed by atoms with Crippen LogP contribution in [0.4, 0.5) is 13.2 Å². The van der Waals surface area contributed by atoms with Gasteiger partial charge >= 0.3 is 12.1 Å². The molecule has 0 spiro atoms. The summed E-state index contributed by atoms with van der Waals surface area (Å²) in [5, 5.41) is 6.38. The lowest BCUT2D eigenvalue weighted by Crippen LogP contribution is -2.46. The zero-order chi connectivity index (χ0) is 26.3. The molecular formula is C26H27ClF3N3O4. The second-order valence-electron chi connectivity index (χ2n) is 9.37. The first-order valence-electron chi connectivity index (χ1n) is 11.4. The number of esters is 1. The second-order valence-corrected chi connectivity index (χ2v) is 9.37. The van der Waals surface area contributed by atoms with Crippen molar-refractivity contribution in [2.75, 3.05) is 13.7 Å². The summed E-state index contributed by atoms with van der Waals surface area (Å²) < 4.78 is 45.7. The summed E-state index contributed by atoms with van der Waals surface area (Å²) in [4.78, 5) is 40.2. The van der Waals surface area contributed by atoms with Gasteiger partial charge in [-0.05, 0) is 56.5 Å². The molecule has 7 nitrogen and oxygen atoms in total. The molecule has 37 heavy (non-hydrogen) atoms. The predicted octanol–water partition coefficient (Wildman–Crippen LogP) is 4.15. The van der Waals surface area contributed by atoms with Crippen LogP contribution in [0.15, 0.2) is 53.3 Å². The Balaban J connectivity index is 0.00000380. The summed E-state index contributed by atoms with van der Waals surface area (Å²) in [7, 11) is 1.65. The third-order valence-corrected chi connectivity index (χ3v) is 6.53. The zero-order valence-electron chi connectivity index (χ0n) is 20.4. The highest BCUT2D eigenvalue weighted by Crippen LogP contribution is 2.37. The Morgan fingerprint density at radius 1 is 1.11 bits per heavy atom. The molecule has 0 bridgehead atoms. The number of nitrogens with one attached hydrogen (secondary N) is 3. The van der Waals surface area contributed by atoms with Gasteiger partial charge in [0.05, 0.1) is 17.5 Å². The van der Waals surface area contributed by atoms with Crippen molar-refractivity contribution < 1.29 is 27.5 Å². The first-order chi connectivity index (χ1) is 16.9. The molecule has 1 aliphatic heterocycles. The number of amides is 1. The molecule has 3 aromatic rings. The van der Waals surface area contributed by atoms with Crippen LogP contribution in [0.2, 0.25) is 0 Å². The Labute approximate surface area is 217 Å². The van der Waals surface area contributed by atoms with Gasteiger partial charge < -0.3 is 20.4 Å². The molecule has 1 fully saturated rings. The summed E-state index contributed by atoms with van der Waals surface area (Å²) in [5.41, 5.74) is -1.73. The minimum Gasteiger partial charge on any atom is -0.462 e. The number of rotatable bonds is 6. The number of aromatic nitrogens is 1. The molecule has 0 saturated carbocycles. The molecule has 1 saturated heterocycles. The number of alkyl halides is 3. The van der Waals surface area contributed by atoms with Crippen molar-refractivity contribution in [1.82, 2.24) is 15.6 Å². The molecule has 2 heterocycles. The van der Waals surface area contributed by atoms with Gasteiger partial charge in [0.1, 0.15) is 12.1 Å². The number of carbonyl (C=O) groups is 2. The molecule has 0 radical (unpaired) electrons. The number of H-pyrrole nitrogens is 1. The third kappa shape index (κ3) is 5.80. The highest BCUT2D eigenvalue weighted by molar-refractivity contribution is 5.90. The number of hydrogen-bond donors (Lipinski definition) is 3. The lowest BCUT2D eigenvalue weighted by Gasteiger charge is -2.22. The van der Waals surface area contributed by atoms with Gasteiger partial charge in [-0.2, -0.15) is 13.2 Å². The van der Waals surface area contributed by atoms with Gasteiger partial charge in [0.15, 0.2) is 0 Å². The van der Waals surface area contributed by atoms with Crippen LogP contribution in [-0.4, -0.2) is 42.1 Å². The number of pyridine rings is 1. The van der Waals surface area contributed by atoms with Crippen LogP contribution in [0.5, 0.6) is 0 Å². The third-order valence-electron chi connectivity index (χ3n) is 6.53. The van der Waals surface area contributed by atoms with Gasteiger partial charge in [0.25, 0.3) is 5.56 Å². The highest BCUT2D eigenvalue weighted by Gasteiger charge is 2.36. The number of likely N-dealkylation sites (N-methyl/N-ethyl adjacent to an activating group) is 1. The zero-order valence-corrected chi connectivity index (χ0v) is 21.2. The molecule has 1 unspecified atom stereocenters. The molecule has 1 aliphatic rings. The van der Waals surface area contributed by atoms with Crippen molar-refractivity contribution in [1.29, 1.82) is 0 Å². The van der Waals surface area contributed by atoms with Crippen molar-refractivity contribution in [2.45, 2.75) is 43.9 Å². The topological polar surface area (TPSA) is 100 Å². The fourth-order valence-electron chi connectivity index (χ4n) is 4.21. The first-order valence-corrected chi connectivity index (χ1v) is 11.4. The highest BCUT2D eigenvalue weighted by atomic mass is 35.5. The smallest absolute Gasteiger partial charge is 0.417 e. The van der Waals surface area contributed by atoms with Gasteiger partial charge in [0.2, 0.25) is 5.91 Å². The van der Waals surface area contributed by atoms with Gasteiger partial charge in [0, 0.05) is 16.6 Å². The quantitative estimate of drug-likeness (QED) is 0.410. The molecular weight excluding hydrogens is 511 g/mol. The van der Waals surface area contributed by atoms with E-state index in [-0.39, 0.29) is 47.6 Å². The summed E-state index contributed by atoms with van der Waals surface area (Å²) >= 11 is 0. The number of hydrogen-bond acceptors (Lipinski definition) is 5. The van der Waals surface area contributed by atoms with Crippen LogP contribution in [0.1, 0.15) is 37.3 Å². The lowest BCUT2D eigenvalue weighted by molar-refractivity contribution is -0.150. The lowest BCUT2D eigenvalue weighted by atomic mass is 9.93. The Morgan fingerprint density at radius 2 is 1.81 bits per heavy atom. The van der Waals surface area contributed by atoms with Gasteiger partial charge in [-0.15, -0.1) is 12.4 Å².